The molecule has 0 aliphatic rings. The van der Waals surface area contributed by atoms with Crippen LogP contribution >= 0.6 is 27.3 Å². The lowest BCUT2D eigenvalue weighted by Gasteiger charge is -2.23. The fourth-order valence-corrected chi connectivity index (χ4v) is 3.09. The van der Waals surface area contributed by atoms with Gasteiger partial charge in [-0.25, -0.2) is 0 Å². The van der Waals surface area contributed by atoms with E-state index in [1.807, 2.05) is 31.7 Å². The number of amides is 1. The van der Waals surface area contributed by atoms with Crippen molar-refractivity contribution in [2.24, 2.45) is 5.73 Å². The zero-order chi connectivity index (χ0) is 13.8. The zero-order valence-corrected chi connectivity index (χ0v) is 13.6. The average Bonchev–Trinajstić information content (AvgIpc) is 2.67. The molecule has 0 atom stereocenters. The first-order valence-corrected chi connectivity index (χ1v) is 7.73. The quantitative estimate of drug-likeness (QED) is 0.867. The lowest BCUT2D eigenvalue weighted by atomic mass is 10.00. The molecule has 0 saturated carbocycles. The Bertz CT molecular complexity index is 398. The molecule has 0 unspecified atom stereocenters. The minimum atomic E-state index is -0.277. The summed E-state index contributed by atoms with van der Waals surface area (Å²) >= 11 is 5.11. The van der Waals surface area contributed by atoms with Crippen LogP contribution in [-0.4, -0.2) is 22.9 Å². The Hall–Kier alpha value is -0.390. The Morgan fingerprint density at radius 2 is 2.17 bits per heavy atom. The van der Waals surface area contributed by atoms with E-state index < -0.39 is 0 Å². The number of hydrogen-bond donors (Lipinski definition) is 1. The molecule has 0 aromatic carbocycles. The Kier molecular flexibility index (Phi) is 5.82. The number of carbonyl (C=O) groups is 1. The third kappa shape index (κ3) is 5.50. The topological polar surface area (TPSA) is 46.3 Å². The van der Waals surface area contributed by atoms with Crippen LogP contribution in [0.25, 0.3) is 0 Å². The van der Waals surface area contributed by atoms with Crippen molar-refractivity contribution >= 4 is 33.2 Å². The van der Waals surface area contributed by atoms with Gasteiger partial charge in [-0.3, -0.25) is 4.79 Å². The summed E-state index contributed by atoms with van der Waals surface area (Å²) in [5.74, 6) is 0.181. The van der Waals surface area contributed by atoms with Gasteiger partial charge in [0.1, 0.15) is 0 Å². The monoisotopic (exact) mass is 332 g/mol. The molecule has 102 valence electrons. The van der Waals surface area contributed by atoms with Crippen molar-refractivity contribution in [2.75, 3.05) is 6.54 Å². The van der Waals surface area contributed by atoms with Crippen LogP contribution in [0.4, 0.5) is 0 Å². The number of rotatable bonds is 6. The first-order valence-electron chi connectivity index (χ1n) is 6.12. The molecule has 0 saturated heterocycles. The van der Waals surface area contributed by atoms with E-state index in [2.05, 4.69) is 22.0 Å². The fourth-order valence-electron chi connectivity index (χ4n) is 1.59. The van der Waals surface area contributed by atoms with Gasteiger partial charge in [-0.05, 0) is 55.3 Å². The summed E-state index contributed by atoms with van der Waals surface area (Å²) in [6.07, 6.45) is 1.24. The summed E-state index contributed by atoms with van der Waals surface area (Å²) < 4.78 is 1.10. The van der Waals surface area contributed by atoms with Crippen molar-refractivity contribution in [1.29, 1.82) is 0 Å². The van der Waals surface area contributed by atoms with Crippen LogP contribution in [0.5, 0.6) is 0 Å². The molecule has 1 rings (SSSR count). The van der Waals surface area contributed by atoms with Crippen molar-refractivity contribution in [2.45, 2.75) is 45.7 Å². The number of carbonyl (C=O) groups excluding carboxylic acids is 1. The maximum Gasteiger partial charge on any atom is 0.222 e. The van der Waals surface area contributed by atoms with Gasteiger partial charge in [0.05, 0.1) is 10.3 Å². The highest BCUT2D eigenvalue weighted by Gasteiger charge is 2.17. The summed E-state index contributed by atoms with van der Waals surface area (Å²) in [4.78, 5) is 15.2. The first-order chi connectivity index (χ1) is 8.31. The molecule has 1 aromatic rings. The first kappa shape index (κ1) is 15.7. The van der Waals surface area contributed by atoms with E-state index in [4.69, 9.17) is 5.73 Å². The second kappa shape index (κ2) is 6.68. The lowest BCUT2D eigenvalue weighted by Crippen LogP contribution is -2.36. The molecule has 2 N–H and O–H groups in total. The minimum absolute atomic E-state index is 0.181. The molecule has 0 aliphatic heterocycles. The Morgan fingerprint density at radius 1 is 1.50 bits per heavy atom. The molecule has 1 heterocycles. The van der Waals surface area contributed by atoms with Crippen molar-refractivity contribution in [3.63, 3.8) is 0 Å². The molecular weight excluding hydrogens is 312 g/mol. The van der Waals surface area contributed by atoms with E-state index in [0.717, 1.165) is 16.8 Å². The van der Waals surface area contributed by atoms with Gasteiger partial charge in [-0.2, -0.15) is 0 Å². The molecule has 5 heteroatoms. The van der Waals surface area contributed by atoms with E-state index >= 15 is 0 Å². The second-order valence-electron chi connectivity index (χ2n) is 5.10. The summed E-state index contributed by atoms with van der Waals surface area (Å²) in [6.45, 7) is 7.34. The van der Waals surface area contributed by atoms with Gasteiger partial charge in [0.15, 0.2) is 0 Å². The van der Waals surface area contributed by atoms with Crippen LogP contribution in [0.2, 0.25) is 0 Å². The predicted octanol–water partition coefficient (Wildman–Crippen LogP) is 3.38. The Balaban J connectivity index is 2.52. The normalized spacial score (nSPS) is 11.6. The van der Waals surface area contributed by atoms with Crippen molar-refractivity contribution < 1.29 is 4.79 Å². The summed E-state index contributed by atoms with van der Waals surface area (Å²) in [7, 11) is 0. The predicted molar refractivity (Wildman–Crippen MR) is 80.6 cm³/mol. The van der Waals surface area contributed by atoms with Gasteiger partial charge in [0.25, 0.3) is 0 Å². The molecule has 1 aromatic heterocycles. The van der Waals surface area contributed by atoms with Gasteiger partial charge in [-0.15, -0.1) is 11.3 Å². The molecule has 0 bridgehead atoms. The maximum absolute atomic E-state index is 12.1. The highest BCUT2D eigenvalue weighted by Crippen LogP contribution is 2.23. The molecule has 0 spiro atoms. The highest BCUT2D eigenvalue weighted by molar-refractivity contribution is 9.11. The number of thiophene rings is 1. The molecule has 18 heavy (non-hydrogen) atoms. The van der Waals surface area contributed by atoms with Crippen LogP contribution < -0.4 is 5.73 Å². The van der Waals surface area contributed by atoms with Gasteiger partial charge in [0.2, 0.25) is 5.91 Å². The number of hydrogen-bond acceptors (Lipinski definition) is 3. The minimum Gasteiger partial charge on any atom is -0.338 e. The smallest absolute Gasteiger partial charge is 0.222 e. The van der Waals surface area contributed by atoms with Gasteiger partial charge in [0, 0.05) is 23.4 Å². The molecule has 1 amide bonds. The van der Waals surface area contributed by atoms with Crippen LogP contribution in [0, 0.1) is 0 Å². The van der Waals surface area contributed by atoms with Crippen molar-refractivity contribution in [1.82, 2.24) is 4.90 Å². The standard InChI is InChI=1S/C13H21BrN2OS/c1-4-16(9-10-5-6-11(14)18-10)12(17)7-8-13(2,3)15/h5-6H,4,7-9,15H2,1-3H3. The number of nitrogens with two attached hydrogens (primary N) is 1. The molecule has 0 radical (unpaired) electrons. The summed E-state index contributed by atoms with van der Waals surface area (Å²) in [6, 6.07) is 4.07. The summed E-state index contributed by atoms with van der Waals surface area (Å²) in [5, 5.41) is 0. The number of nitrogens with zero attached hydrogens (tertiary/aromatic N) is 1. The maximum atomic E-state index is 12.1. The van der Waals surface area contributed by atoms with E-state index in [1.54, 1.807) is 11.3 Å². The van der Waals surface area contributed by atoms with Crippen LogP contribution in [0.15, 0.2) is 15.9 Å². The van der Waals surface area contributed by atoms with Crippen LogP contribution in [0.3, 0.4) is 0 Å². The lowest BCUT2D eigenvalue weighted by molar-refractivity contribution is -0.131. The third-order valence-electron chi connectivity index (χ3n) is 2.69. The van der Waals surface area contributed by atoms with Crippen LogP contribution in [-0.2, 0) is 11.3 Å². The van der Waals surface area contributed by atoms with Gasteiger partial charge in [-0.1, -0.05) is 0 Å². The van der Waals surface area contributed by atoms with Gasteiger partial charge < -0.3 is 10.6 Å². The van der Waals surface area contributed by atoms with E-state index in [-0.39, 0.29) is 11.4 Å². The molecular formula is C13H21BrN2OS. The summed E-state index contributed by atoms with van der Waals surface area (Å²) in [5.41, 5.74) is 5.63. The number of halogens is 1. The van der Waals surface area contributed by atoms with Crippen molar-refractivity contribution in [3.05, 3.63) is 20.8 Å². The Labute approximate surface area is 121 Å². The van der Waals surface area contributed by atoms with Crippen LogP contribution in [0.1, 0.15) is 38.5 Å². The second-order valence-corrected chi connectivity index (χ2v) is 7.65. The third-order valence-corrected chi connectivity index (χ3v) is 4.30. The van der Waals surface area contributed by atoms with E-state index in [0.29, 0.717) is 13.0 Å². The highest BCUT2D eigenvalue weighted by atomic mass is 79.9. The Morgan fingerprint density at radius 3 is 2.61 bits per heavy atom. The van der Waals surface area contributed by atoms with Crippen molar-refractivity contribution in [3.8, 4) is 0 Å². The zero-order valence-electron chi connectivity index (χ0n) is 11.2. The molecule has 0 aliphatic carbocycles. The largest absolute Gasteiger partial charge is 0.338 e. The van der Waals surface area contributed by atoms with Gasteiger partial charge >= 0.3 is 0 Å². The SMILES string of the molecule is CCN(Cc1ccc(Br)s1)C(=O)CCC(C)(C)N. The fraction of sp³-hybridized carbons (Fsp3) is 0.615. The molecule has 0 fully saturated rings. The van der Waals surface area contributed by atoms with E-state index in [1.165, 1.54) is 4.88 Å². The average molecular weight is 333 g/mol. The van der Waals surface area contributed by atoms with E-state index in [9.17, 15) is 4.79 Å². The molecule has 3 nitrogen and oxygen atoms in total.